The molecule has 1 heterocycles. The highest BCUT2D eigenvalue weighted by molar-refractivity contribution is 5.92. The van der Waals surface area contributed by atoms with Crippen LogP contribution in [0, 0.1) is 12.3 Å². The van der Waals surface area contributed by atoms with Crippen LogP contribution in [0.25, 0.3) is 0 Å². The van der Waals surface area contributed by atoms with E-state index in [2.05, 4.69) is 0 Å². The highest BCUT2D eigenvalue weighted by Crippen LogP contribution is 2.31. The zero-order chi connectivity index (χ0) is 13.3. The van der Waals surface area contributed by atoms with Gasteiger partial charge in [-0.15, -0.1) is 0 Å². The lowest BCUT2D eigenvalue weighted by Crippen LogP contribution is -2.34. The van der Waals surface area contributed by atoms with Crippen molar-refractivity contribution in [2.45, 2.75) is 26.9 Å². The van der Waals surface area contributed by atoms with Crippen molar-refractivity contribution in [2.24, 2.45) is 5.41 Å². The van der Waals surface area contributed by atoms with E-state index in [9.17, 15) is 9.59 Å². The van der Waals surface area contributed by atoms with E-state index in [1.54, 1.807) is 12.1 Å². The maximum atomic E-state index is 11.9. The number of carbonyl (C=O) groups excluding carboxylic acids is 2. The predicted molar refractivity (Wildman–Crippen MR) is 65.1 cm³/mol. The van der Waals surface area contributed by atoms with E-state index in [0.717, 1.165) is 5.56 Å². The third-order valence-electron chi connectivity index (χ3n) is 3.02. The number of hydrogen-bond acceptors (Lipinski definition) is 4. The van der Waals surface area contributed by atoms with E-state index in [0.29, 0.717) is 5.56 Å². The molecule has 1 fully saturated rings. The van der Waals surface area contributed by atoms with E-state index in [4.69, 9.17) is 9.47 Å². The molecule has 0 N–H and O–H groups in total. The minimum atomic E-state index is -0.827. The first-order valence-electron chi connectivity index (χ1n) is 5.84. The summed E-state index contributed by atoms with van der Waals surface area (Å²) in [6.45, 7) is 5.89. The second-order valence-electron chi connectivity index (χ2n) is 5.25. The Morgan fingerprint density at radius 1 is 1.33 bits per heavy atom. The Balaban J connectivity index is 2.12. The van der Waals surface area contributed by atoms with Crippen LogP contribution in [0.3, 0.4) is 0 Å². The first-order valence-corrected chi connectivity index (χ1v) is 5.84. The summed E-state index contributed by atoms with van der Waals surface area (Å²) in [5.41, 5.74) is 1.03. The Morgan fingerprint density at radius 2 is 1.94 bits per heavy atom. The van der Waals surface area contributed by atoms with Crippen molar-refractivity contribution in [3.8, 4) is 0 Å². The van der Waals surface area contributed by atoms with Gasteiger partial charge in [-0.05, 0) is 19.1 Å². The molecule has 1 saturated heterocycles. The van der Waals surface area contributed by atoms with Gasteiger partial charge < -0.3 is 9.47 Å². The quantitative estimate of drug-likeness (QED) is 0.752. The number of benzene rings is 1. The van der Waals surface area contributed by atoms with Gasteiger partial charge in [0, 0.05) is 5.41 Å². The largest absolute Gasteiger partial charge is 0.462 e. The molecule has 1 atom stereocenters. The zero-order valence-corrected chi connectivity index (χ0v) is 10.7. The second-order valence-corrected chi connectivity index (χ2v) is 5.25. The number of rotatable bonds is 2. The van der Waals surface area contributed by atoms with Crippen LogP contribution in [-0.2, 0) is 14.3 Å². The minimum Gasteiger partial charge on any atom is -0.462 e. The lowest BCUT2D eigenvalue weighted by Gasteiger charge is -2.21. The van der Waals surface area contributed by atoms with Crippen molar-refractivity contribution in [1.29, 1.82) is 0 Å². The molecule has 4 nitrogen and oxygen atoms in total. The number of esters is 2. The standard InChI is InChI=1S/C14H16O4/c1-9-4-6-10(7-5-9)12(15)18-11-13(16)17-8-14(11,2)3/h4-7,11H,8H2,1-3H3. The molecular formula is C14H16O4. The third kappa shape index (κ3) is 2.37. The number of cyclic esters (lactones) is 1. The van der Waals surface area contributed by atoms with Crippen molar-refractivity contribution in [2.75, 3.05) is 6.61 Å². The third-order valence-corrected chi connectivity index (χ3v) is 3.02. The molecular weight excluding hydrogens is 232 g/mol. The first-order chi connectivity index (χ1) is 8.40. The normalized spacial score (nSPS) is 21.5. The van der Waals surface area contributed by atoms with Gasteiger partial charge in [-0.2, -0.15) is 0 Å². The Morgan fingerprint density at radius 3 is 2.44 bits per heavy atom. The first kappa shape index (κ1) is 12.6. The summed E-state index contributed by atoms with van der Waals surface area (Å²) < 4.78 is 10.2. The molecule has 1 aliphatic heterocycles. The van der Waals surface area contributed by atoms with Gasteiger partial charge in [0.05, 0.1) is 5.56 Å². The molecule has 1 aromatic carbocycles. The molecule has 0 saturated carbocycles. The molecule has 96 valence electrons. The number of ether oxygens (including phenoxy) is 2. The summed E-state index contributed by atoms with van der Waals surface area (Å²) >= 11 is 0. The molecule has 1 aromatic rings. The molecule has 0 aromatic heterocycles. The van der Waals surface area contributed by atoms with Crippen molar-refractivity contribution in [3.63, 3.8) is 0 Å². The van der Waals surface area contributed by atoms with Gasteiger partial charge in [0.1, 0.15) is 6.61 Å². The number of carbonyl (C=O) groups is 2. The van der Waals surface area contributed by atoms with E-state index >= 15 is 0 Å². The fraction of sp³-hybridized carbons (Fsp3) is 0.429. The molecule has 0 spiro atoms. The lowest BCUT2D eigenvalue weighted by atomic mass is 9.90. The molecule has 4 heteroatoms. The van der Waals surface area contributed by atoms with Gasteiger partial charge in [0.2, 0.25) is 6.10 Å². The van der Waals surface area contributed by atoms with E-state index in [-0.39, 0.29) is 6.61 Å². The number of aryl methyl sites for hydroxylation is 1. The fourth-order valence-corrected chi connectivity index (χ4v) is 1.80. The van der Waals surface area contributed by atoms with E-state index in [1.807, 2.05) is 32.9 Å². The average Bonchev–Trinajstić information content (AvgIpc) is 2.57. The van der Waals surface area contributed by atoms with Crippen LogP contribution in [0.1, 0.15) is 29.8 Å². The van der Waals surface area contributed by atoms with Crippen molar-refractivity contribution < 1.29 is 19.1 Å². The summed E-state index contributed by atoms with van der Waals surface area (Å²) in [5, 5.41) is 0. The topological polar surface area (TPSA) is 52.6 Å². The van der Waals surface area contributed by atoms with Gasteiger partial charge in [-0.1, -0.05) is 31.5 Å². The predicted octanol–water partition coefficient (Wildman–Crippen LogP) is 2.10. The molecule has 2 rings (SSSR count). The molecule has 0 amide bonds. The van der Waals surface area contributed by atoms with Crippen LogP contribution in [-0.4, -0.2) is 24.6 Å². The van der Waals surface area contributed by atoms with Crippen molar-refractivity contribution in [1.82, 2.24) is 0 Å². The lowest BCUT2D eigenvalue weighted by molar-refractivity contribution is -0.145. The fourth-order valence-electron chi connectivity index (χ4n) is 1.80. The van der Waals surface area contributed by atoms with Crippen molar-refractivity contribution in [3.05, 3.63) is 35.4 Å². The molecule has 1 unspecified atom stereocenters. The maximum absolute atomic E-state index is 11.9. The average molecular weight is 248 g/mol. The Bertz CT molecular complexity index is 473. The number of hydrogen-bond donors (Lipinski definition) is 0. The van der Waals surface area contributed by atoms with Crippen LogP contribution < -0.4 is 0 Å². The van der Waals surface area contributed by atoms with Gasteiger partial charge in [-0.25, -0.2) is 9.59 Å². The molecule has 18 heavy (non-hydrogen) atoms. The van der Waals surface area contributed by atoms with Gasteiger partial charge in [0.15, 0.2) is 0 Å². The van der Waals surface area contributed by atoms with Gasteiger partial charge >= 0.3 is 11.9 Å². The van der Waals surface area contributed by atoms with Gasteiger partial charge in [0.25, 0.3) is 0 Å². The van der Waals surface area contributed by atoms with Crippen LogP contribution in [0.4, 0.5) is 0 Å². The van der Waals surface area contributed by atoms with Crippen LogP contribution in [0.2, 0.25) is 0 Å². The van der Waals surface area contributed by atoms with E-state index < -0.39 is 23.5 Å². The molecule has 0 radical (unpaired) electrons. The van der Waals surface area contributed by atoms with Crippen LogP contribution in [0.15, 0.2) is 24.3 Å². The summed E-state index contributed by atoms with van der Waals surface area (Å²) in [6, 6.07) is 7.03. The summed E-state index contributed by atoms with van der Waals surface area (Å²) in [5.74, 6) is -0.965. The molecule has 0 bridgehead atoms. The van der Waals surface area contributed by atoms with Crippen LogP contribution >= 0.6 is 0 Å². The van der Waals surface area contributed by atoms with Crippen molar-refractivity contribution >= 4 is 11.9 Å². The summed E-state index contributed by atoms with van der Waals surface area (Å²) in [4.78, 5) is 23.4. The Kier molecular flexibility index (Phi) is 3.11. The summed E-state index contributed by atoms with van der Waals surface area (Å²) in [7, 11) is 0. The zero-order valence-electron chi connectivity index (χ0n) is 10.7. The smallest absolute Gasteiger partial charge is 0.348 e. The monoisotopic (exact) mass is 248 g/mol. The van der Waals surface area contributed by atoms with E-state index in [1.165, 1.54) is 0 Å². The second kappa shape index (κ2) is 4.44. The molecule has 0 aliphatic carbocycles. The highest BCUT2D eigenvalue weighted by Gasteiger charge is 2.46. The Labute approximate surface area is 106 Å². The molecule has 1 aliphatic rings. The van der Waals surface area contributed by atoms with Gasteiger partial charge in [-0.3, -0.25) is 0 Å². The SMILES string of the molecule is Cc1ccc(C(=O)OC2C(=O)OCC2(C)C)cc1. The maximum Gasteiger partial charge on any atom is 0.348 e. The Hall–Kier alpha value is -1.84. The summed E-state index contributed by atoms with van der Waals surface area (Å²) in [6.07, 6.45) is -0.827. The minimum absolute atomic E-state index is 0.275. The van der Waals surface area contributed by atoms with Crippen LogP contribution in [0.5, 0.6) is 0 Å². The highest BCUT2D eigenvalue weighted by atomic mass is 16.6.